The Bertz CT molecular complexity index is 785. The van der Waals surface area contributed by atoms with Crippen molar-refractivity contribution in [1.29, 1.82) is 0 Å². The van der Waals surface area contributed by atoms with Crippen LogP contribution < -0.4 is 14.8 Å². The number of nitrogens with one attached hydrogen (secondary N) is 2. The van der Waals surface area contributed by atoms with Gasteiger partial charge in [-0.25, -0.2) is 8.42 Å². The predicted molar refractivity (Wildman–Crippen MR) is 80.3 cm³/mol. The molecular formula is C13H12N2O4S2. The van der Waals surface area contributed by atoms with E-state index in [0.29, 0.717) is 17.1 Å². The smallest absolute Gasteiger partial charge is 0.271 e. The molecule has 0 saturated carbocycles. The van der Waals surface area contributed by atoms with Crippen molar-refractivity contribution < 1.29 is 17.9 Å². The number of hydrogen-bond acceptors (Lipinski definition) is 5. The predicted octanol–water partition coefficient (Wildman–Crippen LogP) is 2.27. The minimum Gasteiger partial charge on any atom is -0.479 e. The van der Waals surface area contributed by atoms with Crippen molar-refractivity contribution >= 4 is 38.6 Å². The van der Waals surface area contributed by atoms with Crippen LogP contribution in [0.5, 0.6) is 5.75 Å². The SMILES string of the molecule is CC1Oc2ccc(NS(=O)(=O)c3cccs3)cc2NC1=O. The fourth-order valence-corrected chi connectivity index (χ4v) is 3.94. The Labute approximate surface area is 125 Å². The van der Waals surface area contributed by atoms with Gasteiger partial charge in [0, 0.05) is 0 Å². The van der Waals surface area contributed by atoms with Gasteiger partial charge in [0.25, 0.3) is 15.9 Å². The largest absolute Gasteiger partial charge is 0.479 e. The van der Waals surface area contributed by atoms with Gasteiger partial charge in [-0.15, -0.1) is 11.3 Å². The average Bonchev–Trinajstić information content (AvgIpc) is 2.95. The van der Waals surface area contributed by atoms with Crippen LogP contribution in [0.25, 0.3) is 0 Å². The topological polar surface area (TPSA) is 84.5 Å². The first-order chi connectivity index (χ1) is 9.95. The number of benzene rings is 1. The molecule has 6 nitrogen and oxygen atoms in total. The van der Waals surface area contributed by atoms with Gasteiger partial charge in [-0.3, -0.25) is 9.52 Å². The van der Waals surface area contributed by atoms with Gasteiger partial charge in [-0.2, -0.15) is 0 Å². The third-order valence-electron chi connectivity index (χ3n) is 2.92. The second-order valence-corrected chi connectivity index (χ2v) is 7.35. The first kappa shape index (κ1) is 13.9. The summed E-state index contributed by atoms with van der Waals surface area (Å²) in [5.41, 5.74) is 0.810. The number of carbonyl (C=O) groups excluding carboxylic acids is 1. The van der Waals surface area contributed by atoms with E-state index >= 15 is 0 Å². The zero-order valence-electron chi connectivity index (χ0n) is 11.0. The zero-order valence-corrected chi connectivity index (χ0v) is 12.6. The minimum absolute atomic E-state index is 0.231. The van der Waals surface area contributed by atoms with Crippen molar-refractivity contribution in [3.8, 4) is 5.75 Å². The van der Waals surface area contributed by atoms with Crippen LogP contribution in [-0.2, 0) is 14.8 Å². The molecular weight excluding hydrogens is 312 g/mol. The second-order valence-electron chi connectivity index (χ2n) is 4.50. The highest BCUT2D eigenvalue weighted by molar-refractivity contribution is 7.94. The van der Waals surface area contributed by atoms with E-state index in [1.54, 1.807) is 30.5 Å². The number of carbonyl (C=O) groups is 1. The Morgan fingerprint density at radius 2 is 2.14 bits per heavy atom. The van der Waals surface area contributed by atoms with Gasteiger partial charge >= 0.3 is 0 Å². The quantitative estimate of drug-likeness (QED) is 0.907. The summed E-state index contributed by atoms with van der Waals surface area (Å²) >= 11 is 1.13. The third kappa shape index (κ3) is 2.72. The Morgan fingerprint density at radius 1 is 1.33 bits per heavy atom. The molecule has 21 heavy (non-hydrogen) atoms. The van der Waals surface area contributed by atoms with Gasteiger partial charge in [0.1, 0.15) is 9.96 Å². The van der Waals surface area contributed by atoms with E-state index in [2.05, 4.69) is 10.0 Å². The standard InChI is InChI=1S/C13H12N2O4S2/c1-8-13(16)14-10-7-9(4-5-11(10)19-8)15-21(17,18)12-3-2-6-20-12/h2-8,15H,1H3,(H,14,16). The molecule has 0 saturated heterocycles. The van der Waals surface area contributed by atoms with Crippen LogP contribution in [0.2, 0.25) is 0 Å². The highest BCUT2D eigenvalue weighted by Crippen LogP contribution is 2.33. The number of thiophene rings is 1. The summed E-state index contributed by atoms with van der Waals surface area (Å²) < 4.78 is 32.4. The highest BCUT2D eigenvalue weighted by atomic mass is 32.2. The molecule has 1 aliphatic heterocycles. The summed E-state index contributed by atoms with van der Waals surface area (Å²) in [5.74, 6) is 0.252. The van der Waals surface area contributed by atoms with Gasteiger partial charge in [0.05, 0.1) is 11.4 Å². The number of hydrogen-bond donors (Lipinski definition) is 2. The van der Waals surface area contributed by atoms with E-state index in [-0.39, 0.29) is 10.1 Å². The first-order valence-corrected chi connectivity index (χ1v) is 8.50. The molecule has 1 aromatic heterocycles. The lowest BCUT2D eigenvalue weighted by atomic mass is 10.2. The van der Waals surface area contributed by atoms with Crippen molar-refractivity contribution in [2.24, 2.45) is 0 Å². The summed E-state index contributed by atoms with van der Waals surface area (Å²) in [4.78, 5) is 11.6. The van der Waals surface area contributed by atoms with Gasteiger partial charge in [-0.1, -0.05) is 6.07 Å². The molecule has 0 bridgehead atoms. The van der Waals surface area contributed by atoms with Crippen molar-refractivity contribution in [2.45, 2.75) is 17.2 Å². The molecule has 1 amide bonds. The molecule has 0 radical (unpaired) electrons. The van der Waals surface area contributed by atoms with E-state index in [1.807, 2.05) is 0 Å². The van der Waals surface area contributed by atoms with Crippen LogP contribution >= 0.6 is 11.3 Å². The maximum atomic E-state index is 12.1. The van der Waals surface area contributed by atoms with E-state index in [1.165, 1.54) is 12.1 Å². The number of anilines is 2. The molecule has 0 fully saturated rings. The molecule has 0 spiro atoms. The van der Waals surface area contributed by atoms with E-state index in [4.69, 9.17) is 4.74 Å². The van der Waals surface area contributed by atoms with E-state index in [9.17, 15) is 13.2 Å². The molecule has 1 aromatic carbocycles. The van der Waals surface area contributed by atoms with Gasteiger partial charge < -0.3 is 10.1 Å². The van der Waals surface area contributed by atoms with Gasteiger partial charge in [0.2, 0.25) is 0 Å². The molecule has 110 valence electrons. The Morgan fingerprint density at radius 3 is 2.86 bits per heavy atom. The average molecular weight is 324 g/mol. The van der Waals surface area contributed by atoms with Crippen LogP contribution in [0.3, 0.4) is 0 Å². The normalized spacial score (nSPS) is 17.6. The Kier molecular flexibility index (Phi) is 3.34. The van der Waals surface area contributed by atoms with E-state index in [0.717, 1.165) is 11.3 Å². The van der Waals surface area contributed by atoms with Gasteiger partial charge in [-0.05, 0) is 36.6 Å². The van der Waals surface area contributed by atoms with Crippen LogP contribution in [0.1, 0.15) is 6.92 Å². The highest BCUT2D eigenvalue weighted by Gasteiger charge is 2.24. The molecule has 1 unspecified atom stereocenters. The van der Waals surface area contributed by atoms with E-state index < -0.39 is 16.1 Å². The maximum absolute atomic E-state index is 12.1. The number of rotatable bonds is 3. The van der Waals surface area contributed by atoms with Crippen molar-refractivity contribution in [1.82, 2.24) is 0 Å². The summed E-state index contributed by atoms with van der Waals surface area (Å²) in [5, 5.41) is 4.37. The summed E-state index contributed by atoms with van der Waals surface area (Å²) in [6.45, 7) is 1.64. The summed E-state index contributed by atoms with van der Waals surface area (Å²) in [7, 11) is -3.61. The minimum atomic E-state index is -3.61. The lowest BCUT2D eigenvalue weighted by Gasteiger charge is -2.23. The fraction of sp³-hybridized carbons (Fsp3) is 0.154. The van der Waals surface area contributed by atoms with Crippen LogP contribution in [-0.4, -0.2) is 20.4 Å². The third-order valence-corrected chi connectivity index (χ3v) is 5.70. The molecule has 0 aliphatic carbocycles. The zero-order chi connectivity index (χ0) is 15.0. The first-order valence-electron chi connectivity index (χ1n) is 6.13. The lowest BCUT2D eigenvalue weighted by Crippen LogP contribution is -2.34. The van der Waals surface area contributed by atoms with Gasteiger partial charge in [0.15, 0.2) is 6.10 Å². The maximum Gasteiger partial charge on any atom is 0.271 e. The molecule has 8 heteroatoms. The number of fused-ring (bicyclic) bond motifs is 1. The van der Waals surface area contributed by atoms with Crippen LogP contribution in [0.15, 0.2) is 39.9 Å². The molecule has 2 aromatic rings. The molecule has 2 N–H and O–H groups in total. The number of sulfonamides is 1. The van der Waals surface area contributed by atoms with Crippen molar-refractivity contribution in [2.75, 3.05) is 10.0 Å². The van der Waals surface area contributed by atoms with Crippen molar-refractivity contribution in [3.05, 3.63) is 35.7 Å². The summed E-state index contributed by atoms with van der Waals surface area (Å²) in [6.07, 6.45) is -0.564. The summed E-state index contributed by atoms with van der Waals surface area (Å²) in [6, 6.07) is 7.94. The van der Waals surface area contributed by atoms with Crippen molar-refractivity contribution in [3.63, 3.8) is 0 Å². The monoisotopic (exact) mass is 324 g/mol. The Hall–Kier alpha value is -2.06. The van der Waals surface area contributed by atoms with Crippen LogP contribution in [0.4, 0.5) is 11.4 Å². The molecule has 2 heterocycles. The molecule has 1 atom stereocenters. The number of amides is 1. The second kappa shape index (κ2) is 5.05. The molecule has 3 rings (SSSR count). The Balaban J connectivity index is 1.88. The molecule has 1 aliphatic rings. The van der Waals surface area contributed by atoms with Crippen LogP contribution in [0, 0.1) is 0 Å². The number of ether oxygens (including phenoxy) is 1. The fourth-order valence-electron chi connectivity index (χ4n) is 1.89. The lowest BCUT2D eigenvalue weighted by molar-refractivity contribution is -0.122.